The van der Waals surface area contributed by atoms with E-state index in [0.717, 1.165) is 38.1 Å². The average molecular weight is 507 g/mol. The molecule has 174 valence electrons. The second-order valence-electron chi connectivity index (χ2n) is 7.49. The lowest BCUT2D eigenvalue weighted by Crippen LogP contribution is -2.41. The van der Waals surface area contributed by atoms with E-state index in [-0.39, 0.29) is 6.54 Å². The lowest BCUT2D eigenvalue weighted by Gasteiger charge is -2.30. The largest absolute Gasteiger partial charge is 0.304 e. The number of pyridine rings is 2. The maximum absolute atomic E-state index is 12.3. The topological polar surface area (TPSA) is 125 Å². The standard InChI is InChI=1S/C20H22N6O4S3/c1-13-19(31-20(22-13)14-6-5-10-21-12-14)16-7-8-17-18(23-16)15(24-25(2)32(3,27)28)9-11-26(17)33(4,29)30/h5-10,12,24H,11H2,1-4H3. The zero-order chi connectivity index (χ0) is 24.0. The molecule has 4 rings (SSSR count). The highest BCUT2D eigenvalue weighted by atomic mass is 32.2. The van der Waals surface area contributed by atoms with Crippen molar-refractivity contribution in [2.75, 3.05) is 30.4 Å². The summed E-state index contributed by atoms with van der Waals surface area (Å²) in [5.74, 6) is 0. The number of hydrogen-bond donors (Lipinski definition) is 1. The first-order valence-corrected chi connectivity index (χ1v) is 14.2. The molecule has 0 spiro atoms. The molecule has 10 nitrogen and oxygen atoms in total. The van der Waals surface area contributed by atoms with Gasteiger partial charge in [-0.3, -0.25) is 9.29 Å². The molecule has 0 saturated heterocycles. The molecule has 0 unspecified atom stereocenters. The van der Waals surface area contributed by atoms with Crippen LogP contribution in [0.5, 0.6) is 0 Å². The van der Waals surface area contributed by atoms with Gasteiger partial charge in [-0.15, -0.1) is 15.8 Å². The van der Waals surface area contributed by atoms with Crippen molar-refractivity contribution in [3.63, 3.8) is 0 Å². The van der Waals surface area contributed by atoms with Crippen molar-refractivity contribution >= 4 is 42.8 Å². The van der Waals surface area contributed by atoms with Crippen molar-refractivity contribution in [3.05, 3.63) is 54.1 Å². The van der Waals surface area contributed by atoms with Gasteiger partial charge in [0.1, 0.15) is 10.7 Å². The molecule has 3 aromatic heterocycles. The van der Waals surface area contributed by atoms with Crippen LogP contribution in [0.2, 0.25) is 0 Å². The minimum atomic E-state index is -3.56. The van der Waals surface area contributed by atoms with Gasteiger partial charge in [0, 0.05) is 25.0 Å². The first-order chi connectivity index (χ1) is 15.4. The average Bonchev–Trinajstić information content (AvgIpc) is 3.14. The van der Waals surface area contributed by atoms with Crippen molar-refractivity contribution in [1.82, 2.24) is 24.8 Å². The molecule has 0 radical (unpaired) electrons. The number of thiazole rings is 1. The SMILES string of the molecule is Cc1nc(-c2cccnc2)sc1-c1ccc2c(n1)C(NN(C)S(C)(=O)=O)=CCN2S(C)(=O)=O. The molecule has 0 atom stereocenters. The molecule has 0 saturated carbocycles. The summed E-state index contributed by atoms with van der Waals surface area (Å²) in [4.78, 5) is 14.3. The van der Waals surface area contributed by atoms with E-state index in [2.05, 4.69) is 15.4 Å². The molecule has 1 aliphatic rings. The Hall–Kier alpha value is -2.87. The van der Waals surface area contributed by atoms with Gasteiger partial charge < -0.3 is 5.43 Å². The molecule has 13 heteroatoms. The summed E-state index contributed by atoms with van der Waals surface area (Å²) in [5, 5.41) is 0.790. The van der Waals surface area contributed by atoms with Crippen LogP contribution in [-0.4, -0.2) is 62.3 Å². The van der Waals surface area contributed by atoms with Gasteiger partial charge in [0.05, 0.1) is 46.7 Å². The number of rotatable bonds is 6. The van der Waals surface area contributed by atoms with Crippen LogP contribution in [0.3, 0.4) is 0 Å². The second kappa shape index (κ2) is 8.48. The molecule has 3 aromatic rings. The Morgan fingerprint density at radius 2 is 1.88 bits per heavy atom. The van der Waals surface area contributed by atoms with Crippen LogP contribution in [0.25, 0.3) is 26.8 Å². The maximum atomic E-state index is 12.3. The van der Waals surface area contributed by atoms with Gasteiger partial charge in [-0.1, -0.05) is 0 Å². The number of aryl methyl sites for hydroxylation is 1. The van der Waals surface area contributed by atoms with Crippen molar-refractivity contribution in [3.8, 4) is 21.1 Å². The highest BCUT2D eigenvalue weighted by Crippen LogP contribution is 2.37. The molecule has 0 amide bonds. The summed E-state index contributed by atoms with van der Waals surface area (Å²) < 4.78 is 50.7. The van der Waals surface area contributed by atoms with Crippen molar-refractivity contribution in [1.29, 1.82) is 0 Å². The third kappa shape index (κ3) is 4.76. The number of hydrazine groups is 1. The number of nitrogens with zero attached hydrogens (tertiary/aromatic N) is 5. The van der Waals surface area contributed by atoms with Gasteiger partial charge in [-0.2, -0.15) is 0 Å². The van der Waals surface area contributed by atoms with Gasteiger partial charge in [0.2, 0.25) is 20.0 Å². The quantitative estimate of drug-likeness (QED) is 0.504. The fourth-order valence-electron chi connectivity index (χ4n) is 3.26. The second-order valence-corrected chi connectivity index (χ2v) is 12.4. The van der Waals surface area contributed by atoms with Gasteiger partial charge in [0.15, 0.2) is 0 Å². The molecular formula is C20H22N6O4S3. The molecule has 33 heavy (non-hydrogen) atoms. The molecular weight excluding hydrogens is 484 g/mol. The first-order valence-electron chi connectivity index (χ1n) is 9.73. The minimum absolute atomic E-state index is 0.0531. The number of anilines is 1. The zero-order valence-electron chi connectivity index (χ0n) is 18.3. The first kappa shape index (κ1) is 23.3. The number of fused-ring (bicyclic) bond motifs is 1. The maximum Gasteiger partial charge on any atom is 0.232 e. The Morgan fingerprint density at radius 3 is 2.52 bits per heavy atom. The molecule has 0 bridgehead atoms. The van der Waals surface area contributed by atoms with E-state index in [4.69, 9.17) is 4.98 Å². The smallest absolute Gasteiger partial charge is 0.232 e. The molecule has 0 fully saturated rings. The Morgan fingerprint density at radius 1 is 1.12 bits per heavy atom. The van der Waals surface area contributed by atoms with E-state index in [0.29, 0.717) is 22.8 Å². The third-order valence-corrected chi connectivity index (χ3v) is 8.43. The van der Waals surface area contributed by atoms with Gasteiger partial charge >= 0.3 is 0 Å². The van der Waals surface area contributed by atoms with Crippen LogP contribution in [0.4, 0.5) is 5.69 Å². The molecule has 0 aliphatic carbocycles. The predicted molar refractivity (Wildman–Crippen MR) is 129 cm³/mol. The van der Waals surface area contributed by atoms with Gasteiger partial charge in [-0.05, 0) is 37.3 Å². The summed E-state index contributed by atoms with van der Waals surface area (Å²) >= 11 is 1.45. The molecule has 1 N–H and O–H groups in total. The Bertz CT molecular complexity index is 1450. The Balaban J connectivity index is 1.81. The Labute approximate surface area is 196 Å². The van der Waals surface area contributed by atoms with E-state index in [9.17, 15) is 16.8 Å². The van der Waals surface area contributed by atoms with E-state index in [1.807, 2.05) is 19.1 Å². The molecule has 1 aliphatic heterocycles. The fourth-order valence-corrected chi connectivity index (χ4v) is 5.40. The normalized spacial score (nSPS) is 14.2. The van der Waals surface area contributed by atoms with Crippen LogP contribution in [0.15, 0.2) is 42.7 Å². The van der Waals surface area contributed by atoms with Crippen LogP contribution in [0, 0.1) is 6.92 Å². The van der Waals surface area contributed by atoms with E-state index >= 15 is 0 Å². The highest BCUT2D eigenvalue weighted by Gasteiger charge is 2.28. The number of aromatic nitrogens is 3. The predicted octanol–water partition coefficient (Wildman–Crippen LogP) is 2.09. The van der Waals surface area contributed by atoms with Crippen LogP contribution in [0.1, 0.15) is 11.4 Å². The number of nitrogens with one attached hydrogen (secondary N) is 1. The third-order valence-electron chi connectivity index (χ3n) is 4.97. The minimum Gasteiger partial charge on any atom is -0.304 e. The van der Waals surface area contributed by atoms with Crippen molar-refractivity contribution in [2.45, 2.75) is 6.92 Å². The van der Waals surface area contributed by atoms with E-state index in [1.165, 1.54) is 22.7 Å². The van der Waals surface area contributed by atoms with Crippen LogP contribution >= 0.6 is 11.3 Å². The number of sulfonamides is 2. The lowest BCUT2D eigenvalue weighted by atomic mass is 10.1. The lowest BCUT2D eigenvalue weighted by molar-refractivity contribution is 0.433. The summed E-state index contributed by atoms with van der Waals surface area (Å²) in [6.07, 6.45) is 7.21. The van der Waals surface area contributed by atoms with Gasteiger partial charge in [-0.25, -0.2) is 26.8 Å². The highest BCUT2D eigenvalue weighted by molar-refractivity contribution is 7.92. The number of hydrogen-bond acceptors (Lipinski definition) is 9. The summed E-state index contributed by atoms with van der Waals surface area (Å²) in [7, 11) is -5.73. The van der Waals surface area contributed by atoms with E-state index < -0.39 is 20.0 Å². The molecule has 4 heterocycles. The summed E-state index contributed by atoms with van der Waals surface area (Å²) in [6.45, 7) is 1.93. The van der Waals surface area contributed by atoms with Crippen LogP contribution < -0.4 is 9.73 Å². The molecule has 0 aromatic carbocycles. The summed E-state index contributed by atoms with van der Waals surface area (Å²) in [5.41, 5.74) is 6.16. The van der Waals surface area contributed by atoms with Crippen molar-refractivity contribution < 1.29 is 16.8 Å². The van der Waals surface area contributed by atoms with Gasteiger partial charge in [0.25, 0.3) is 0 Å². The van der Waals surface area contributed by atoms with E-state index in [1.54, 1.807) is 30.6 Å². The Kier molecular flexibility index (Phi) is 5.99. The van der Waals surface area contributed by atoms with Crippen LogP contribution in [-0.2, 0) is 20.0 Å². The fraction of sp³-hybridized carbons (Fsp3) is 0.250. The van der Waals surface area contributed by atoms with Crippen molar-refractivity contribution in [2.24, 2.45) is 0 Å². The summed E-state index contributed by atoms with van der Waals surface area (Å²) in [6, 6.07) is 7.18. The zero-order valence-corrected chi connectivity index (χ0v) is 20.8. The monoisotopic (exact) mass is 506 g/mol.